The van der Waals surface area contributed by atoms with Gasteiger partial charge in [-0.3, -0.25) is 0 Å². The molecule has 4 nitrogen and oxygen atoms in total. The van der Waals surface area contributed by atoms with Crippen LogP contribution >= 0.6 is 22.9 Å². The third-order valence-electron chi connectivity index (χ3n) is 4.15. The molecule has 1 aliphatic heterocycles. The first kappa shape index (κ1) is 15.0. The van der Waals surface area contributed by atoms with Crippen molar-refractivity contribution in [1.29, 1.82) is 0 Å². The number of anilines is 1. The van der Waals surface area contributed by atoms with Crippen LogP contribution in [0.25, 0.3) is 10.2 Å². The zero-order chi connectivity index (χ0) is 14.9. The molecule has 0 amide bonds. The lowest BCUT2D eigenvalue weighted by Gasteiger charge is -2.33. The summed E-state index contributed by atoms with van der Waals surface area (Å²) in [5, 5.41) is 4.88. The van der Waals surface area contributed by atoms with E-state index in [1.54, 1.807) is 11.3 Å². The van der Waals surface area contributed by atoms with Crippen molar-refractivity contribution < 1.29 is 4.74 Å². The van der Waals surface area contributed by atoms with Gasteiger partial charge in [-0.15, -0.1) is 11.3 Å². The summed E-state index contributed by atoms with van der Waals surface area (Å²) in [7, 11) is 0. The van der Waals surface area contributed by atoms with Gasteiger partial charge in [-0.1, -0.05) is 13.8 Å². The fourth-order valence-corrected chi connectivity index (χ4v) is 3.78. The largest absolute Gasteiger partial charge is 0.381 e. The standard InChI is InChI=1S/C15H20ClN3OS/c1-3-10-8-11-12(18-14(16)19-13(11)21-10)17-9-15(2)4-6-20-7-5-15/h8H,3-7,9H2,1-2H3,(H,17,18,19). The molecule has 2 aromatic rings. The van der Waals surface area contributed by atoms with E-state index in [0.29, 0.717) is 5.28 Å². The second-order valence-corrected chi connectivity index (χ2v) is 7.36. The van der Waals surface area contributed by atoms with Crippen LogP contribution in [0.4, 0.5) is 5.82 Å². The Bertz CT molecular complexity index is 637. The summed E-state index contributed by atoms with van der Waals surface area (Å²) in [6, 6.07) is 2.17. The second-order valence-electron chi connectivity index (χ2n) is 5.90. The molecule has 0 radical (unpaired) electrons. The minimum Gasteiger partial charge on any atom is -0.381 e. The monoisotopic (exact) mass is 325 g/mol. The predicted molar refractivity (Wildman–Crippen MR) is 88.5 cm³/mol. The minimum absolute atomic E-state index is 0.256. The molecule has 1 N–H and O–H groups in total. The average molecular weight is 326 g/mol. The highest BCUT2D eigenvalue weighted by Gasteiger charge is 2.27. The molecule has 1 fully saturated rings. The second kappa shape index (κ2) is 6.07. The smallest absolute Gasteiger partial charge is 0.225 e. The van der Waals surface area contributed by atoms with Gasteiger partial charge in [0, 0.05) is 24.6 Å². The van der Waals surface area contributed by atoms with Crippen LogP contribution in [0.5, 0.6) is 0 Å². The summed E-state index contributed by atoms with van der Waals surface area (Å²) in [6.07, 6.45) is 3.16. The van der Waals surface area contributed by atoms with E-state index >= 15 is 0 Å². The molecule has 0 bridgehead atoms. The van der Waals surface area contributed by atoms with Crippen LogP contribution in [0.2, 0.25) is 5.28 Å². The summed E-state index contributed by atoms with van der Waals surface area (Å²) in [5.41, 5.74) is 0.256. The summed E-state index contributed by atoms with van der Waals surface area (Å²) >= 11 is 7.75. The van der Waals surface area contributed by atoms with Gasteiger partial charge < -0.3 is 10.1 Å². The summed E-state index contributed by atoms with van der Waals surface area (Å²) in [6.45, 7) is 7.02. The fraction of sp³-hybridized carbons (Fsp3) is 0.600. The van der Waals surface area contributed by atoms with Crippen molar-refractivity contribution in [3.05, 3.63) is 16.2 Å². The van der Waals surface area contributed by atoms with Crippen molar-refractivity contribution in [1.82, 2.24) is 9.97 Å². The third-order valence-corrected chi connectivity index (χ3v) is 5.49. The summed E-state index contributed by atoms with van der Waals surface area (Å²) in [4.78, 5) is 11.0. The first-order valence-electron chi connectivity index (χ1n) is 7.37. The number of aryl methyl sites for hydroxylation is 1. The Labute approximate surface area is 133 Å². The van der Waals surface area contributed by atoms with Crippen molar-refractivity contribution in [2.24, 2.45) is 5.41 Å². The number of ether oxygens (including phenoxy) is 1. The minimum atomic E-state index is 0.256. The van der Waals surface area contributed by atoms with Crippen LogP contribution < -0.4 is 5.32 Å². The first-order chi connectivity index (χ1) is 10.1. The van der Waals surface area contributed by atoms with Gasteiger partial charge in [0.1, 0.15) is 10.6 Å². The van der Waals surface area contributed by atoms with E-state index in [1.807, 2.05) is 0 Å². The summed E-state index contributed by atoms with van der Waals surface area (Å²) < 4.78 is 5.45. The maximum atomic E-state index is 6.06. The molecule has 6 heteroatoms. The SMILES string of the molecule is CCc1cc2c(NCC3(C)CCOCC3)nc(Cl)nc2s1. The maximum Gasteiger partial charge on any atom is 0.225 e. The highest BCUT2D eigenvalue weighted by molar-refractivity contribution is 7.18. The molecular weight excluding hydrogens is 306 g/mol. The molecule has 21 heavy (non-hydrogen) atoms. The lowest BCUT2D eigenvalue weighted by Crippen LogP contribution is -2.33. The van der Waals surface area contributed by atoms with Crippen LogP contribution in [0, 0.1) is 5.41 Å². The topological polar surface area (TPSA) is 47.0 Å². The van der Waals surface area contributed by atoms with Gasteiger partial charge >= 0.3 is 0 Å². The molecule has 1 saturated heterocycles. The number of aromatic nitrogens is 2. The van der Waals surface area contributed by atoms with E-state index in [0.717, 1.165) is 55.1 Å². The van der Waals surface area contributed by atoms with Gasteiger partial charge in [0.05, 0.1) is 5.39 Å². The Kier molecular flexibility index (Phi) is 4.33. The van der Waals surface area contributed by atoms with Gasteiger partial charge in [0.15, 0.2) is 0 Å². The van der Waals surface area contributed by atoms with Gasteiger partial charge in [0.25, 0.3) is 0 Å². The van der Waals surface area contributed by atoms with Crippen LogP contribution in [-0.2, 0) is 11.2 Å². The first-order valence-corrected chi connectivity index (χ1v) is 8.57. The number of nitrogens with one attached hydrogen (secondary N) is 1. The molecule has 1 aliphatic rings. The van der Waals surface area contributed by atoms with Gasteiger partial charge in [-0.05, 0) is 42.3 Å². The van der Waals surface area contributed by atoms with E-state index in [9.17, 15) is 0 Å². The highest BCUT2D eigenvalue weighted by Crippen LogP contribution is 2.33. The molecule has 0 spiro atoms. The van der Waals surface area contributed by atoms with Crippen LogP contribution in [0.15, 0.2) is 6.07 Å². The van der Waals surface area contributed by atoms with E-state index in [4.69, 9.17) is 16.3 Å². The Morgan fingerprint density at radius 2 is 2.14 bits per heavy atom. The Morgan fingerprint density at radius 1 is 1.38 bits per heavy atom. The average Bonchev–Trinajstić information content (AvgIpc) is 2.88. The van der Waals surface area contributed by atoms with Crippen molar-refractivity contribution in [3.63, 3.8) is 0 Å². The molecule has 0 aromatic carbocycles. The number of nitrogens with zero attached hydrogens (tertiary/aromatic N) is 2. The molecule has 3 rings (SSSR count). The molecule has 0 unspecified atom stereocenters. The number of hydrogen-bond acceptors (Lipinski definition) is 5. The van der Waals surface area contributed by atoms with E-state index in [-0.39, 0.29) is 5.41 Å². The van der Waals surface area contributed by atoms with Gasteiger partial charge in [-0.25, -0.2) is 9.97 Å². The lowest BCUT2D eigenvalue weighted by atomic mass is 9.82. The summed E-state index contributed by atoms with van der Waals surface area (Å²) in [5.74, 6) is 0.855. The van der Waals surface area contributed by atoms with E-state index < -0.39 is 0 Å². The van der Waals surface area contributed by atoms with Gasteiger partial charge in [-0.2, -0.15) is 0 Å². The van der Waals surface area contributed by atoms with E-state index in [1.165, 1.54) is 4.88 Å². The predicted octanol–water partition coefficient (Wildman–Crippen LogP) is 4.14. The molecule has 0 saturated carbocycles. The number of rotatable bonds is 4. The van der Waals surface area contributed by atoms with Crippen molar-refractivity contribution in [2.75, 3.05) is 25.1 Å². The van der Waals surface area contributed by atoms with Crippen LogP contribution in [0.3, 0.4) is 0 Å². The van der Waals surface area contributed by atoms with Crippen molar-refractivity contribution in [2.45, 2.75) is 33.1 Å². The number of thiophene rings is 1. The number of halogens is 1. The normalized spacial score (nSPS) is 18.0. The fourth-order valence-electron chi connectivity index (χ4n) is 2.59. The third kappa shape index (κ3) is 3.30. The van der Waals surface area contributed by atoms with Crippen molar-refractivity contribution in [3.8, 4) is 0 Å². The number of fused-ring (bicyclic) bond motifs is 1. The Hall–Kier alpha value is -0.910. The van der Waals surface area contributed by atoms with Crippen LogP contribution in [-0.4, -0.2) is 29.7 Å². The quantitative estimate of drug-likeness (QED) is 0.858. The zero-order valence-electron chi connectivity index (χ0n) is 12.4. The number of hydrogen-bond donors (Lipinski definition) is 1. The highest BCUT2D eigenvalue weighted by atomic mass is 35.5. The molecule has 0 aliphatic carbocycles. The maximum absolute atomic E-state index is 6.06. The molecule has 0 atom stereocenters. The van der Waals surface area contributed by atoms with Crippen molar-refractivity contribution >= 4 is 39.0 Å². The van der Waals surface area contributed by atoms with Crippen LogP contribution in [0.1, 0.15) is 31.6 Å². The van der Waals surface area contributed by atoms with E-state index in [2.05, 4.69) is 35.2 Å². The Balaban J connectivity index is 1.84. The lowest BCUT2D eigenvalue weighted by molar-refractivity contribution is 0.0300. The molecular formula is C15H20ClN3OS. The van der Waals surface area contributed by atoms with Gasteiger partial charge in [0.2, 0.25) is 5.28 Å². The Morgan fingerprint density at radius 3 is 2.86 bits per heavy atom. The molecule has 114 valence electrons. The molecule has 2 aromatic heterocycles. The zero-order valence-corrected chi connectivity index (χ0v) is 14.0. The molecule has 3 heterocycles.